The van der Waals surface area contributed by atoms with E-state index in [4.69, 9.17) is 10.00 Å². The first-order valence-corrected chi connectivity index (χ1v) is 5.58. The van der Waals surface area contributed by atoms with Crippen LogP contribution in [0, 0.1) is 11.3 Å². The lowest BCUT2D eigenvalue weighted by Gasteiger charge is -2.12. The highest BCUT2D eigenvalue weighted by molar-refractivity contribution is 5.77. The summed E-state index contributed by atoms with van der Waals surface area (Å²) in [5.41, 5.74) is 0.434. The van der Waals surface area contributed by atoms with Gasteiger partial charge in [0.15, 0.2) is 6.61 Å². The first-order chi connectivity index (χ1) is 8.17. The minimum atomic E-state index is -0.174. The Kier molecular flexibility index (Phi) is 5.02. The minimum Gasteiger partial charge on any atom is -0.482 e. The van der Waals surface area contributed by atoms with Gasteiger partial charge in [-0.15, -0.1) is 0 Å². The Morgan fingerprint density at radius 1 is 1.53 bits per heavy atom. The fourth-order valence-electron chi connectivity index (χ4n) is 1.25. The second-order valence-corrected chi connectivity index (χ2v) is 3.77. The molecule has 4 nitrogen and oxygen atoms in total. The topological polar surface area (TPSA) is 62.1 Å². The molecular weight excluding hydrogens is 216 g/mol. The lowest BCUT2D eigenvalue weighted by molar-refractivity contribution is -0.123. The number of benzene rings is 1. The molecule has 0 saturated carbocycles. The SMILES string of the molecule is CC[C@@H](C)NC(=O)COc1ccccc1C#N. The monoisotopic (exact) mass is 232 g/mol. The number of rotatable bonds is 5. The van der Waals surface area contributed by atoms with Crippen LogP contribution < -0.4 is 10.1 Å². The molecular formula is C13H16N2O2. The minimum absolute atomic E-state index is 0.0664. The normalized spacial score (nSPS) is 11.4. The number of amides is 1. The average Bonchev–Trinajstić information content (AvgIpc) is 2.36. The molecule has 1 aromatic carbocycles. The van der Waals surface area contributed by atoms with Crippen LogP contribution in [0.5, 0.6) is 5.75 Å². The van der Waals surface area contributed by atoms with E-state index in [1.807, 2.05) is 19.9 Å². The van der Waals surface area contributed by atoms with Crippen molar-refractivity contribution in [2.45, 2.75) is 26.3 Å². The molecule has 0 saturated heterocycles. The maximum absolute atomic E-state index is 11.5. The Bertz CT molecular complexity index is 424. The maximum Gasteiger partial charge on any atom is 0.258 e. The van der Waals surface area contributed by atoms with E-state index < -0.39 is 0 Å². The van der Waals surface area contributed by atoms with Crippen LogP contribution in [0.4, 0.5) is 0 Å². The molecule has 17 heavy (non-hydrogen) atoms. The third-order valence-electron chi connectivity index (χ3n) is 2.39. The van der Waals surface area contributed by atoms with Gasteiger partial charge in [0, 0.05) is 6.04 Å². The summed E-state index contributed by atoms with van der Waals surface area (Å²) in [7, 11) is 0. The van der Waals surface area contributed by atoms with Crippen molar-refractivity contribution in [3.63, 3.8) is 0 Å². The summed E-state index contributed by atoms with van der Waals surface area (Å²) in [5.74, 6) is 0.265. The van der Waals surface area contributed by atoms with E-state index in [0.29, 0.717) is 11.3 Å². The summed E-state index contributed by atoms with van der Waals surface area (Å²) in [6.07, 6.45) is 0.876. The van der Waals surface area contributed by atoms with Crippen molar-refractivity contribution < 1.29 is 9.53 Å². The van der Waals surface area contributed by atoms with E-state index in [1.54, 1.807) is 24.3 Å². The summed E-state index contributed by atoms with van der Waals surface area (Å²) >= 11 is 0. The second kappa shape index (κ2) is 6.54. The van der Waals surface area contributed by atoms with E-state index in [-0.39, 0.29) is 18.6 Å². The van der Waals surface area contributed by atoms with Gasteiger partial charge in [-0.05, 0) is 25.5 Å². The van der Waals surface area contributed by atoms with Crippen molar-refractivity contribution in [3.8, 4) is 11.8 Å². The molecule has 0 aromatic heterocycles. The Morgan fingerprint density at radius 3 is 2.88 bits per heavy atom. The number of nitrogens with one attached hydrogen (secondary N) is 1. The molecule has 1 aromatic rings. The van der Waals surface area contributed by atoms with Gasteiger partial charge in [-0.3, -0.25) is 4.79 Å². The molecule has 1 amide bonds. The van der Waals surface area contributed by atoms with Gasteiger partial charge in [0.05, 0.1) is 5.56 Å². The van der Waals surface area contributed by atoms with Crippen LogP contribution in [0.2, 0.25) is 0 Å². The van der Waals surface area contributed by atoms with Gasteiger partial charge in [-0.2, -0.15) is 5.26 Å². The first kappa shape index (κ1) is 13.0. The lowest BCUT2D eigenvalue weighted by atomic mass is 10.2. The van der Waals surface area contributed by atoms with Crippen LogP contribution in [-0.2, 0) is 4.79 Å². The van der Waals surface area contributed by atoms with Gasteiger partial charge in [0.2, 0.25) is 0 Å². The van der Waals surface area contributed by atoms with E-state index >= 15 is 0 Å². The van der Waals surface area contributed by atoms with Crippen molar-refractivity contribution in [2.24, 2.45) is 0 Å². The molecule has 0 aliphatic heterocycles. The lowest BCUT2D eigenvalue weighted by Crippen LogP contribution is -2.35. The molecule has 0 aliphatic carbocycles. The number of carbonyl (C=O) groups excluding carboxylic acids is 1. The van der Waals surface area contributed by atoms with Crippen LogP contribution in [0.25, 0.3) is 0 Å². The second-order valence-electron chi connectivity index (χ2n) is 3.77. The van der Waals surface area contributed by atoms with Crippen LogP contribution in [-0.4, -0.2) is 18.6 Å². The molecule has 0 bridgehead atoms. The Labute approximate surface area is 101 Å². The van der Waals surface area contributed by atoms with Crippen LogP contribution in [0.1, 0.15) is 25.8 Å². The zero-order valence-electron chi connectivity index (χ0n) is 10.1. The summed E-state index contributed by atoms with van der Waals surface area (Å²) in [6, 6.07) is 9.00. The molecule has 0 heterocycles. The number of carbonyl (C=O) groups is 1. The van der Waals surface area contributed by atoms with E-state index in [2.05, 4.69) is 5.32 Å². The van der Waals surface area contributed by atoms with Crippen LogP contribution in [0.3, 0.4) is 0 Å². The third-order valence-corrected chi connectivity index (χ3v) is 2.39. The molecule has 0 spiro atoms. The fraction of sp³-hybridized carbons (Fsp3) is 0.385. The Balaban J connectivity index is 2.51. The smallest absolute Gasteiger partial charge is 0.258 e. The van der Waals surface area contributed by atoms with E-state index in [1.165, 1.54) is 0 Å². The quantitative estimate of drug-likeness (QED) is 0.842. The molecule has 0 aliphatic rings. The highest BCUT2D eigenvalue weighted by Crippen LogP contribution is 2.16. The van der Waals surface area contributed by atoms with Gasteiger partial charge in [-0.1, -0.05) is 19.1 Å². The van der Waals surface area contributed by atoms with Crippen molar-refractivity contribution >= 4 is 5.91 Å². The molecule has 0 unspecified atom stereocenters. The summed E-state index contributed by atoms with van der Waals surface area (Å²) in [4.78, 5) is 11.5. The van der Waals surface area contributed by atoms with Crippen molar-refractivity contribution in [1.29, 1.82) is 5.26 Å². The first-order valence-electron chi connectivity index (χ1n) is 5.58. The highest BCUT2D eigenvalue weighted by atomic mass is 16.5. The largest absolute Gasteiger partial charge is 0.482 e. The molecule has 1 N–H and O–H groups in total. The number of nitrogens with zero attached hydrogens (tertiary/aromatic N) is 1. The number of nitriles is 1. The van der Waals surface area contributed by atoms with Gasteiger partial charge in [0.25, 0.3) is 5.91 Å². The zero-order valence-corrected chi connectivity index (χ0v) is 10.1. The van der Waals surface area contributed by atoms with Crippen molar-refractivity contribution in [3.05, 3.63) is 29.8 Å². The van der Waals surface area contributed by atoms with Crippen molar-refractivity contribution in [1.82, 2.24) is 5.32 Å². The fourth-order valence-corrected chi connectivity index (χ4v) is 1.25. The number of para-hydroxylation sites is 1. The number of hydrogen-bond donors (Lipinski definition) is 1. The molecule has 0 fully saturated rings. The average molecular weight is 232 g/mol. The van der Waals surface area contributed by atoms with Gasteiger partial charge >= 0.3 is 0 Å². The summed E-state index contributed by atoms with van der Waals surface area (Å²) in [6.45, 7) is 3.86. The van der Waals surface area contributed by atoms with Crippen molar-refractivity contribution in [2.75, 3.05) is 6.61 Å². The van der Waals surface area contributed by atoms with Gasteiger partial charge in [-0.25, -0.2) is 0 Å². The maximum atomic E-state index is 11.5. The molecule has 1 rings (SSSR count). The predicted octanol–water partition coefficient (Wildman–Crippen LogP) is 1.85. The summed E-state index contributed by atoms with van der Waals surface area (Å²) in [5, 5.41) is 11.6. The molecule has 1 atom stereocenters. The van der Waals surface area contributed by atoms with Crippen LogP contribution in [0.15, 0.2) is 24.3 Å². The Hall–Kier alpha value is -2.02. The highest BCUT2D eigenvalue weighted by Gasteiger charge is 2.08. The van der Waals surface area contributed by atoms with E-state index in [9.17, 15) is 4.79 Å². The molecule has 90 valence electrons. The zero-order chi connectivity index (χ0) is 12.7. The standard InChI is InChI=1S/C13H16N2O2/c1-3-10(2)15-13(16)9-17-12-7-5-4-6-11(12)8-14/h4-7,10H,3,9H2,1-2H3,(H,15,16)/t10-/m1/s1. The predicted molar refractivity (Wildman–Crippen MR) is 64.5 cm³/mol. The van der Waals surface area contributed by atoms with Gasteiger partial charge < -0.3 is 10.1 Å². The summed E-state index contributed by atoms with van der Waals surface area (Å²) < 4.78 is 5.30. The van der Waals surface area contributed by atoms with Crippen LogP contribution >= 0.6 is 0 Å². The molecule has 0 radical (unpaired) electrons. The molecule has 4 heteroatoms. The number of ether oxygens (including phenoxy) is 1. The van der Waals surface area contributed by atoms with E-state index in [0.717, 1.165) is 6.42 Å². The number of hydrogen-bond acceptors (Lipinski definition) is 3. The Morgan fingerprint density at radius 2 is 2.24 bits per heavy atom. The van der Waals surface area contributed by atoms with Gasteiger partial charge in [0.1, 0.15) is 11.8 Å². The third kappa shape index (κ3) is 4.15.